The first-order chi connectivity index (χ1) is 7.27. The lowest BCUT2D eigenvalue weighted by atomic mass is 10.1. The first-order valence-corrected chi connectivity index (χ1v) is 5.56. The predicted molar refractivity (Wildman–Crippen MR) is 68.6 cm³/mol. The number of nitrogens with one attached hydrogen (secondary N) is 1. The van der Waals surface area contributed by atoms with Gasteiger partial charge in [-0.3, -0.25) is 0 Å². The van der Waals surface area contributed by atoms with Crippen LogP contribution in [0.25, 0.3) is 0 Å². The van der Waals surface area contributed by atoms with E-state index in [0.29, 0.717) is 11.1 Å². The third-order valence-corrected chi connectivity index (χ3v) is 2.94. The molecule has 6 heteroatoms. The fourth-order valence-electron chi connectivity index (χ4n) is 1.81. The zero-order valence-electron chi connectivity index (χ0n) is 9.19. The van der Waals surface area contributed by atoms with Crippen LogP contribution in [-0.2, 0) is 0 Å². The number of piperidine rings is 1. The van der Waals surface area contributed by atoms with E-state index in [0.717, 1.165) is 19.0 Å². The molecule has 2 heterocycles. The van der Waals surface area contributed by atoms with Gasteiger partial charge in [-0.2, -0.15) is 0 Å². The summed E-state index contributed by atoms with van der Waals surface area (Å²) < 4.78 is 0. The van der Waals surface area contributed by atoms with E-state index in [4.69, 9.17) is 11.6 Å². The van der Waals surface area contributed by atoms with E-state index in [2.05, 4.69) is 20.2 Å². The first kappa shape index (κ1) is 13.5. The molecule has 1 aliphatic heterocycles. The Morgan fingerprint density at radius 3 is 2.69 bits per heavy atom. The molecular formula is C10H16Cl2N4. The lowest BCUT2D eigenvalue weighted by Gasteiger charge is -2.31. The fourth-order valence-corrected chi connectivity index (χ4v) is 1.91. The third kappa shape index (κ3) is 3.20. The molecule has 1 unspecified atom stereocenters. The predicted octanol–water partition coefficient (Wildman–Crippen LogP) is 1.74. The summed E-state index contributed by atoms with van der Waals surface area (Å²) in [5.74, 6) is 0.744. The molecule has 0 amide bonds. The highest BCUT2D eigenvalue weighted by Crippen LogP contribution is 2.15. The molecule has 4 nitrogen and oxygen atoms in total. The van der Waals surface area contributed by atoms with E-state index < -0.39 is 0 Å². The van der Waals surface area contributed by atoms with Gasteiger partial charge in [0.1, 0.15) is 0 Å². The number of hydrogen-bond acceptors (Lipinski definition) is 4. The van der Waals surface area contributed by atoms with Gasteiger partial charge < -0.3 is 10.2 Å². The van der Waals surface area contributed by atoms with Crippen molar-refractivity contribution >= 4 is 30.0 Å². The third-order valence-electron chi connectivity index (χ3n) is 2.74. The smallest absolute Gasteiger partial charge is 0.225 e. The summed E-state index contributed by atoms with van der Waals surface area (Å²) in [7, 11) is 2.03. The second kappa shape index (κ2) is 6.23. The normalized spacial score (nSPS) is 20.0. The summed E-state index contributed by atoms with van der Waals surface area (Å²) in [6, 6.07) is 0.486. The fraction of sp³-hybridized carbons (Fsp3) is 0.600. The van der Waals surface area contributed by atoms with Crippen molar-refractivity contribution in [2.24, 2.45) is 0 Å². The molecule has 1 aromatic heterocycles. The molecule has 0 radical (unpaired) electrons. The molecule has 2 rings (SSSR count). The second-order valence-corrected chi connectivity index (χ2v) is 4.25. The van der Waals surface area contributed by atoms with Crippen LogP contribution in [0.5, 0.6) is 0 Å². The molecule has 1 fully saturated rings. The zero-order valence-corrected chi connectivity index (χ0v) is 10.8. The Kier molecular flexibility index (Phi) is 5.25. The summed E-state index contributed by atoms with van der Waals surface area (Å²) in [5, 5.41) is 3.95. The van der Waals surface area contributed by atoms with Crippen molar-refractivity contribution in [1.29, 1.82) is 0 Å². The van der Waals surface area contributed by atoms with E-state index in [1.165, 1.54) is 12.8 Å². The number of rotatable bonds is 2. The van der Waals surface area contributed by atoms with Crippen molar-refractivity contribution in [3.8, 4) is 0 Å². The minimum Gasteiger partial charge on any atom is -0.340 e. The molecule has 1 atom stereocenters. The molecule has 16 heavy (non-hydrogen) atoms. The van der Waals surface area contributed by atoms with Crippen molar-refractivity contribution in [3.05, 3.63) is 17.4 Å². The van der Waals surface area contributed by atoms with Gasteiger partial charge >= 0.3 is 0 Å². The average molecular weight is 263 g/mol. The van der Waals surface area contributed by atoms with Crippen LogP contribution in [0.3, 0.4) is 0 Å². The maximum atomic E-state index is 5.75. The van der Waals surface area contributed by atoms with Gasteiger partial charge in [0, 0.05) is 19.6 Å². The molecule has 0 aromatic carbocycles. The standard InChI is InChI=1S/C10H15ClN4.ClH/c1-15(9-3-2-4-12-7-9)10-13-5-8(11)6-14-10;/h5-6,9,12H,2-4,7H2,1H3;1H. The van der Waals surface area contributed by atoms with E-state index >= 15 is 0 Å². The van der Waals surface area contributed by atoms with Gasteiger partial charge in [-0.15, -0.1) is 12.4 Å². The highest BCUT2D eigenvalue weighted by molar-refractivity contribution is 6.30. The maximum Gasteiger partial charge on any atom is 0.225 e. The van der Waals surface area contributed by atoms with Crippen LogP contribution in [0.15, 0.2) is 12.4 Å². The SMILES string of the molecule is CN(c1ncc(Cl)cn1)C1CCCNC1.Cl. The summed E-state index contributed by atoms with van der Waals surface area (Å²) in [5.41, 5.74) is 0. The molecule has 1 N–H and O–H groups in total. The van der Waals surface area contributed by atoms with Gasteiger partial charge in [0.2, 0.25) is 5.95 Å². The number of anilines is 1. The van der Waals surface area contributed by atoms with Crippen LogP contribution in [0.1, 0.15) is 12.8 Å². The van der Waals surface area contributed by atoms with E-state index in [1.54, 1.807) is 12.4 Å². The van der Waals surface area contributed by atoms with Crippen LogP contribution in [0, 0.1) is 0 Å². The van der Waals surface area contributed by atoms with Gasteiger partial charge in [-0.25, -0.2) is 9.97 Å². The molecule has 0 spiro atoms. The van der Waals surface area contributed by atoms with Gasteiger partial charge in [0.25, 0.3) is 0 Å². The molecule has 90 valence electrons. The summed E-state index contributed by atoms with van der Waals surface area (Å²) in [6.45, 7) is 2.12. The van der Waals surface area contributed by atoms with Gasteiger partial charge in [0.15, 0.2) is 0 Å². The Morgan fingerprint density at radius 2 is 2.12 bits per heavy atom. The van der Waals surface area contributed by atoms with Gasteiger partial charge in [-0.05, 0) is 19.4 Å². The highest BCUT2D eigenvalue weighted by atomic mass is 35.5. The average Bonchev–Trinajstić information content (AvgIpc) is 2.30. The van der Waals surface area contributed by atoms with Crippen molar-refractivity contribution < 1.29 is 0 Å². The van der Waals surface area contributed by atoms with Crippen molar-refractivity contribution in [3.63, 3.8) is 0 Å². The number of aromatic nitrogens is 2. The Labute approximate surface area is 107 Å². The summed E-state index contributed by atoms with van der Waals surface area (Å²) in [4.78, 5) is 10.5. The Hall–Kier alpha value is -0.580. The quantitative estimate of drug-likeness (QED) is 0.882. The molecular weight excluding hydrogens is 247 g/mol. The second-order valence-electron chi connectivity index (χ2n) is 3.81. The summed E-state index contributed by atoms with van der Waals surface area (Å²) >= 11 is 5.75. The first-order valence-electron chi connectivity index (χ1n) is 5.18. The van der Waals surface area contributed by atoms with Crippen LogP contribution < -0.4 is 10.2 Å². The molecule has 1 saturated heterocycles. The monoisotopic (exact) mass is 262 g/mol. The zero-order chi connectivity index (χ0) is 10.7. The Balaban J connectivity index is 0.00000128. The van der Waals surface area contributed by atoms with Crippen LogP contribution in [0.4, 0.5) is 5.95 Å². The topological polar surface area (TPSA) is 41.1 Å². The number of hydrogen-bond donors (Lipinski definition) is 1. The number of halogens is 2. The Morgan fingerprint density at radius 1 is 1.44 bits per heavy atom. The highest BCUT2D eigenvalue weighted by Gasteiger charge is 2.19. The van der Waals surface area contributed by atoms with E-state index in [-0.39, 0.29) is 12.4 Å². The lowest BCUT2D eigenvalue weighted by molar-refractivity contribution is 0.441. The maximum absolute atomic E-state index is 5.75. The molecule has 0 saturated carbocycles. The van der Waals surface area contributed by atoms with Gasteiger partial charge in [-0.1, -0.05) is 11.6 Å². The lowest BCUT2D eigenvalue weighted by Crippen LogP contribution is -2.44. The van der Waals surface area contributed by atoms with Crippen LogP contribution in [0.2, 0.25) is 5.02 Å². The molecule has 1 aliphatic rings. The van der Waals surface area contributed by atoms with Gasteiger partial charge in [0.05, 0.1) is 17.4 Å². The van der Waals surface area contributed by atoms with E-state index in [9.17, 15) is 0 Å². The summed E-state index contributed by atoms with van der Waals surface area (Å²) in [6.07, 6.45) is 5.67. The van der Waals surface area contributed by atoms with Crippen LogP contribution >= 0.6 is 24.0 Å². The largest absolute Gasteiger partial charge is 0.340 e. The number of nitrogens with zero attached hydrogens (tertiary/aromatic N) is 3. The molecule has 0 aliphatic carbocycles. The van der Waals surface area contributed by atoms with Crippen LogP contribution in [-0.4, -0.2) is 36.1 Å². The van der Waals surface area contributed by atoms with Crippen molar-refractivity contribution in [2.45, 2.75) is 18.9 Å². The Bertz CT molecular complexity index is 311. The number of likely N-dealkylation sites (N-methyl/N-ethyl adjacent to an activating group) is 1. The van der Waals surface area contributed by atoms with Crippen molar-refractivity contribution in [2.75, 3.05) is 25.0 Å². The van der Waals surface area contributed by atoms with Crippen molar-refractivity contribution in [1.82, 2.24) is 15.3 Å². The minimum absolute atomic E-state index is 0. The molecule has 1 aromatic rings. The minimum atomic E-state index is 0. The van der Waals surface area contributed by atoms with E-state index in [1.807, 2.05) is 7.05 Å². The molecule has 0 bridgehead atoms.